The van der Waals surface area contributed by atoms with Crippen LogP contribution in [0.2, 0.25) is 0 Å². The first-order valence-electron chi connectivity index (χ1n) is 7.47. The van der Waals surface area contributed by atoms with Crippen molar-refractivity contribution in [1.29, 1.82) is 0 Å². The van der Waals surface area contributed by atoms with Gasteiger partial charge in [0.05, 0.1) is 15.5 Å². The topological polar surface area (TPSA) is 77.2 Å². The number of hydrogen-bond acceptors (Lipinski definition) is 5. The molecule has 0 unspecified atom stereocenters. The second-order valence-corrected chi connectivity index (χ2v) is 7.46. The molecule has 3 rings (SSSR count). The Hall–Kier alpha value is -2.45. The van der Waals surface area contributed by atoms with Crippen LogP contribution in [0.25, 0.3) is 11.8 Å². The quantitative estimate of drug-likeness (QED) is 0.383. The van der Waals surface area contributed by atoms with Gasteiger partial charge in [0.25, 0.3) is 11.6 Å². The Bertz CT molecular complexity index is 960. The van der Waals surface area contributed by atoms with Gasteiger partial charge in [0.1, 0.15) is 4.32 Å². The van der Waals surface area contributed by atoms with Crippen molar-refractivity contribution in [1.82, 2.24) is 9.88 Å². The number of rotatable bonds is 3. The van der Waals surface area contributed by atoms with Gasteiger partial charge in [-0.3, -0.25) is 14.9 Å². The predicted molar refractivity (Wildman–Crippen MR) is 103 cm³/mol. The molecule has 6 nitrogen and oxygen atoms in total. The van der Waals surface area contributed by atoms with Crippen molar-refractivity contribution < 1.29 is 9.72 Å². The smallest absolute Gasteiger partial charge is 0.274 e. The fraction of sp³-hybridized carbons (Fsp3) is 0.176. The number of carbonyl (C=O) groups excluding carboxylic acids is 1. The molecule has 0 bridgehead atoms. The Morgan fingerprint density at radius 3 is 2.60 bits per heavy atom. The number of thioether (sulfide) groups is 1. The lowest BCUT2D eigenvalue weighted by Gasteiger charge is -2.10. The Kier molecular flexibility index (Phi) is 4.49. The van der Waals surface area contributed by atoms with Crippen LogP contribution >= 0.6 is 24.0 Å². The van der Waals surface area contributed by atoms with Crippen LogP contribution < -0.4 is 5.32 Å². The highest BCUT2D eigenvalue weighted by Crippen LogP contribution is 2.30. The van der Waals surface area contributed by atoms with E-state index in [0.717, 1.165) is 22.6 Å². The molecule has 1 amide bonds. The maximum atomic E-state index is 11.8. The van der Waals surface area contributed by atoms with Gasteiger partial charge in [-0.1, -0.05) is 30.0 Å². The zero-order valence-electron chi connectivity index (χ0n) is 13.8. The van der Waals surface area contributed by atoms with Crippen LogP contribution in [-0.4, -0.2) is 19.7 Å². The zero-order chi connectivity index (χ0) is 18.3. The average Bonchev–Trinajstić information content (AvgIpc) is 2.99. The third-order valence-electron chi connectivity index (χ3n) is 4.05. The lowest BCUT2D eigenvalue weighted by molar-refractivity contribution is -0.385. The Morgan fingerprint density at radius 1 is 1.28 bits per heavy atom. The van der Waals surface area contributed by atoms with Crippen molar-refractivity contribution in [2.24, 2.45) is 0 Å². The predicted octanol–water partition coefficient (Wildman–Crippen LogP) is 3.80. The number of nitrogens with zero attached hydrogens (tertiary/aromatic N) is 2. The third kappa shape index (κ3) is 3.22. The molecule has 1 aliphatic rings. The van der Waals surface area contributed by atoms with E-state index in [2.05, 4.69) is 5.32 Å². The van der Waals surface area contributed by atoms with Gasteiger partial charge in [0.2, 0.25) is 0 Å². The number of nitro benzene ring substituents is 1. The van der Waals surface area contributed by atoms with Gasteiger partial charge in [-0.2, -0.15) is 0 Å². The van der Waals surface area contributed by atoms with Crippen molar-refractivity contribution >= 4 is 46.0 Å². The maximum absolute atomic E-state index is 11.8. The summed E-state index contributed by atoms with van der Waals surface area (Å²) in [6.45, 7) is 5.56. The molecule has 1 aromatic carbocycles. The molecule has 1 aromatic heterocycles. The first-order chi connectivity index (χ1) is 11.8. The third-order valence-corrected chi connectivity index (χ3v) is 5.21. The van der Waals surface area contributed by atoms with E-state index in [9.17, 15) is 14.9 Å². The molecular weight excluding hydrogens is 358 g/mol. The van der Waals surface area contributed by atoms with Crippen molar-refractivity contribution in [2.45, 2.75) is 20.8 Å². The molecule has 0 spiro atoms. The average molecular weight is 373 g/mol. The van der Waals surface area contributed by atoms with Crippen LogP contribution in [0.3, 0.4) is 0 Å². The van der Waals surface area contributed by atoms with Crippen LogP contribution in [0.5, 0.6) is 0 Å². The highest BCUT2D eigenvalue weighted by molar-refractivity contribution is 8.26. The number of amides is 1. The van der Waals surface area contributed by atoms with Crippen molar-refractivity contribution in [3.05, 3.63) is 61.8 Å². The van der Waals surface area contributed by atoms with Crippen LogP contribution in [-0.2, 0) is 4.79 Å². The molecule has 1 fully saturated rings. The molecule has 25 heavy (non-hydrogen) atoms. The minimum atomic E-state index is -0.379. The van der Waals surface area contributed by atoms with Gasteiger partial charge >= 0.3 is 0 Å². The van der Waals surface area contributed by atoms with E-state index in [1.165, 1.54) is 11.8 Å². The van der Waals surface area contributed by atoms with Gasteiger partial charge in [-0.15, -0.1) is 0 Å². The Balaban J connectivity index is 2.08. The van der Waals surface area contributed by atoms with Crippen molar-refractivity contribution in [3.63, 3.8) is 0 Å². The second-order valence-electron chi connectivity index (χ2n) is 5.74. The second kappa shape index (κ2) is 6.45. The summed E-state index contributed by atoms with van der Waals surface area (Å²) in [7, 11) is 0. The highest BCUT2D eigenvalue weighted by atomic mass is 32.2. The molecule has 1 aliphatic heterocycles. The number of nitrogens with one attached hydrogen (secondary N) is 1. The SMILES string of the molecule is Cc1ccc(-n2c(C)cc(/C=C3\SC(=S)NC3=O)c2C)cc1[N+](=O)[O-]. The normalized spacial score (nSPS) is 15.7. The molecule has 1 saturated heterocycles. The van der Waals surface area contributed by atoms with E-state index in [0.29, 0.717) is 14.8 Å². The molecule has 2 aromatic rings. The molecule has 0 aliphatic carbocycles. The van der Waals surface area contributed by atoms with E-state index in [1.54, 1.807) is 25.1 Å². The molecular formula is C17H15N3O3S2. The monoisotopic (exact) mass is 373 g/mol. The number of carbonyl (C=O) groups is 1. The summed E-state index contributed by atoms with van der Waals surface area (Å²) in [6, 6.07) is 7.11. The molecule has 128 valence electrons. The van der Waals surface area contributed by atoms with Gasteiger partial charge in [-0.25, -0.2) is 0 Å². The van der Waals surface area contributed by atoms with Crippen molar-refractivity contribution in [2.75, 3.05) is 0 Å². The summed E-state index contributed by atoms with van der Waals surface area (Å²) >= 11 is 6.23. The summed E-state index contributed by atoms with van der Waals surface area (Å²) in [6.07, 6.45) is 1.79. The zero-order valence-corrected chi connectivity index (χ0v) is 15.5. The van der Waals surface area contributed by atoms with E-state index in [-0.39, 0.29) is 16.5 Å². The summed E-state index contributed by atoms with van der Waals surface area (Å²) in [4.78, 5) is 23.2. The van der Waals surface area contributed by atoms with Crippen LogP contribution in [0.4, 0.5) is 5.69 Å². The van der Waals surface area contributed by atoms with E-state index >= 15 is 0 Å². The minimum absolute atomic E-state index is 0.0842. The Morgan fingerprint density at radius 2 is 2.00 bits per heavy atom. The lowest BCUT2D eigenvalue weighted by Crippen LogP contribution is -2.17. The van der Waals surface area contributed by atoms with Gasteiger partial charge in [-0.05, 0) is 44.5 Å². The van der Waals surface area contributed by atoms with E-state index in [4.69, 9.17) is 12.2 Å². The fourth-order valence-electron chi connectivity index (χ4n) is 2.83. The summed E-state index contributed by atoms with van der Waals surface area (Å²) in [5, 5.41) is 13.8. The number of benzene rings is 1. The molecule has 8 heteroatoms. The molecule has 0 radical (unpaired) electrons. The van der Waals surface area contributed by atoms with E-state index in [1.807, 2.05) is 30.5 Å². The Labute approximate surface area is 154 Å². The van der Waals surface area contributed by atoms with Crippen molar-refractivity contribution in [3.8, 4) is 5.69 Å². The largest absolute Gasteiger partial charge is 0.318 e. The lowest BCUT2D eigenvalue weighted by atomic mass is 10.1. The van der Waals surface area contributed by atoms with Gasteiger partial charge in [0, 0.05) is 23.0 Å². The highest BCUT2D eigenvalue weighted by Gasteiger charge is 2.23. The molecule has 2 heterocycles. The summed E-state index contributed by atoms with van der Waals surface area (Å²) in [5.74, 6) is -0.203. The fourth-order valence-corrected chi connectivity index (χ4v) is 3.86. The first kappa shape index (κ1) is 17.4. The number of hydrogen-bond donors (Lipinski definition) is 1. The number of nitro groups is 1. The number of thiocarbonyl (C=S) groups is 1. The standard InChI is InChI=1S/C17H15N3O3S2/c1-9-4-5-13(8-14(9)20(22)23)19-10(2)6-12(11(19)3)7-15-16(21)18-17(24)25-15/h4-8H,1-3H3,(H,18,21,24)/b15-7-. The number of aromatic nitrogens is 1. The van der Waals surface area contributed by atoms with Crippen LogP contribution in [0.1, 0.15) is 22.5 Å². The minimum Gasteiger partial charge on any atom is -0.318 e. The van der Waals surface area contributed by atoms with Gasteiger partial charge in [0.15, 0.2) is 0 Å². The molecule has 0 atom stereocenters. The summed E-state index contributed by atoms with van der Waals surface area (Å²) < 4.78 is 2.38. The first-order valence-corrected chi connectivity index (χ1v) is 8.69. The van der Waals surface area contributed by atoms with Crippen LogP contribution in [0, 0.1) is 30.9 Å². The number of aryl methyl sites for hydroxylation is 2. The summed E-state index contributed by atoms with van der Waals surface area (Å²) in [5.41, 5.74) is 4.12. The molecule has 1 N–H and O–H groups in total. The maximum Gasteiger partial charge on any atom is 0.274 e. The van der Waals surface area contributed by atoms with Crippen LogP contribution in [0.15, 0.2) is 29.2 Å². The van der Waals surface area contributed by atoms with Gasteiger partial charge < -0.3 is 9.88 Å². The molecule has 0 saturated carbocycles. The van der Waals surface area contributed by atoms with E-state index < -0.39 is 0 Å².